The Morgan fingerprint density at radius 3 is 2.72 bits per heavy atom. The van der Waals surface area contributed by atoms with Crippen LogP contribution in [-0.2, 0) is 9.53 Å². The average Bonchev–Trinajstić information content (AvgIpc) is 2.38. The lowest BCUT2D eigenvalue weighted by atomic mass is 10.3. The monoisotopic (exact) mass is 271 g/mol. The molecule has 1 aromatic carbocycles. The predicted molar refractivity (Wildman–Crippen MR) is 71.1 cm³/mol. The van der Waals surface area contributed by atoms with Crippen LogP contribution in [0.1, 0.15) is 13.3 Å². The molecule has 4 nitrogen and oxygen atoms in total. The summed E-state index contributed by atoms with van der Waals surface area (Å²) in [5, 5.41) is 3.39. The number of benzene rings is 1. The van der Waals surface area contributed by atoms with Gasteiger partial charge in [0.25, 0.3) is 5.91 Å². The van der Waals surface area contributed by atoms with Crippen LogP contribution in [0.25, 0.3) is 0 Å². The number of hydrogen-bond donors (Lipinski definition) is 1. The lowest BCUT2D eigenvalue weighted by Gasteiger charge is -2.07. The predicted octanol–water partition coefficient (Wildman–Crippen LogP) is 2.26. The second-order valence-electron chi connectivity index (χ2n) is 3.64. The van der Waals surface area contributed by atoms with Crippen LogP contribution in [0, 0.1) is 0 Å². The summed E-state index contributed by atoms with van der Waals surface area (Å²) in [4.78, 5) is 11.4. The fourth-order valence-electron chi connectivity index (χ4n) is 1.28. The maximum absolute atomic E-state index is 11.4. The van der Waals surface area contributed by atoms with Crippen LogP contribution in [-0.4, -0.2) is 32.3 Å². The molecule has 1 amide bonds. The van der Waals surface area contributed by atoms with Crippen molar-refractivity contribution in [2.45, 2.75) is 13.3 Å². The van der Waals surface area contributed by atoms with Crippen molar-refractivity contribution in [1.82, 2.24) is 5.32 Å². The van der Waals surface area contributed by atoms with Gasteiger partial charge in [0.2, 0.25) is 0 Å². The fourth-order valence-corrected chi connectivity index (χ4v) is 1.40. The Morgan fingerprint density at radius 1 is 1.33 bits per heavy atom. The summed E-state index contributed by atoms with van der Waals surface area (Å²) >= 11 is 5.74. The van der Waals surface area contributed by atoms with Crippen LogP contribution < -0.4 is 10.1 Å². The fraction of sp³-hybridized carbons (Fsp3) is 0.462. The maximum atomic E-state index is 11.4. The van der Waals surface area contributed by atoms with E-state index in [1.165, 1.54) is 0 Å². The Hall–Kier alpha value is -1.26. The molecule has 1 rings (SSSR count). The maximum Gasteiger partial charge on any atom is 0.257 e. The van der Waals surface area contributed by atoms with E-state index in [0.717, 1.165) is 6.42 Å². The summed E-state index contributed by atoms with van der Waals surface area (Å²) in [6.07, 6.45) is 0.806. The van der Waals surface area contributed by atoms with Gasteiger partial charge in [0.05, 0.1) is 0 Å². The number of ether oxygens (including phenoxy) is 2. The number of amides is 1. The molecule has 0 fully saturated rings. The molecule has 0 atom stereocenters. The lowest BCUT2D eigenvalue weighted by molar-refractivity contribution is -0.123. The first-order valence-corrected chi connectivity index (χ1v) is 6.33. The van der Waals surface area contributed by atoms with Crippen LogP contribution in [0.4, 0.5) is 0 Å². The number of rotatable bonds is 8. The Bertz CT molecular complexity index is 354. The van der Waals surface area contributed by atoms with Gasteiger partial charge in [-0.05, 0) is 37.6 Å². The van der Waals surface area contributed by atoms with Gasteiger partial charge in [0, 0.05) is 24.8 Å². The standard InChI is InChI=1S/C13H18ClNO3/c1-2-17-9-3-8-15-13(16)10-18-12-6-4-11(14)5-7-12/h4-7H,2-3,8-10H2,1H3,(H,15,16). The zero-order valence-corrected chi connectivity index (χ0v) is 11.2. The first kappa shape index (κ1) is 14.8. The summed E-state index contributed by atoms with van der Waals surface area (Å²) < 4.78 is 10.5. The Morgan fingerprint density at radius 2 is 2.06 bits per heavy atom. The Balaban J connectivity index is 2.11. The van der Waals surface area contributed by atoms with Gasteiger partial charge >= 0.3 is 0 Å². The average molecular weight is 272 g/mol. The van der Waals surface area contributed by atoms with Gasteiger partial charge < -0.3 is 14.8 Å². The van der Waals surface area contributed by atoms with Crippen LogP contribution >= 0.6 is 11.6 Å². The molecule has 1 N–H and O–H groups in total. The van der Waals surface area contributed by atoms with Gasteiger partial charge in [0.1, 0.15) is 5.75 Å². The van der Waals surface area contributed by atoms with Crippen LogP contribution in [0.3, 0.4) is 0 Å². The molecular weight excluding hydrogens is 254 g/mol. The summed E-state index contributed by atoms with van der Waals surface area (Å²) in [5.74, 6) is 0.491. The molecule has 18 heavy (non-hydrogen) atoms. The molecule has 0 saturated carbocycles. The summed E-state index contributed by atoms with van der Waals surface area (Å²) in [7, 11) is 0. The number of nitrogens with one attached hydrogen (secondary N) is 1. The van der Waals surface area contributed by atoms with Gasteiger partial charge in [-0.1, -0.05) is 11.6 Å². The van der Waals surface area contributed by atoms with E-state index in [1.807, 2.05) is 6.92 Å². The van der Waals surface area contributed by atoms with E-state index in [1.54, 1.807) is 24.3 Å². The lowest BCUT2D eigenvalue weighted by Crippen LogP contribution is -2.30. The van der Waals surface area contributed by atoms with Crippen LogP contribution in [0.2, 0.25) is 5.02 Å². The molecule has 0 spiro atoms. The highest BCUT2D eigenvalue weighted by Gasteiger charge is 2.01. The number of halogens is 1. The van der Waals surface area contributed by atoms with Crippen LogP contribution in [0.5, 0.6) is 5.75 Å². The van der Waals surface area contributed by atoms with Gasteiger partial charge in [-0.25, -0.2) is 0 Å². The van der Waals surface area contributed by atoms with E-state index >= 15 is 0 Å². The summed E-state index contributed by atoms with van der Waals surface area (Å²) in [5.41, 5.74) is 0. The van der Waals surface area contributed by atoms with Gasteiger partial charge in [-0.3, -0.25) is 4.79 Å². The van der Waals surface area contributed by atoms with E-state index in [-0.39, 0.29) is 12.5 Å². The van der Waals surface area contributed by atoms with Gasteiger partial charge in [0.15, 0.2) is 6.61 Å². The molecule has 0 aliphatic rings. The minimum Gasteiger partial charge on any atom is -0.484 e. The normalized spacial score (nSPS) is 10.1. The third-order valence-electron chi connectivity index (χ3n) is 2.18. The molecule has 100 valence electrons. The molecule has 0 bridgehead atoms. The van der Waals surface area contributed by atoms with E-state index in [4.69, 9.17) is 21.1 Å². The first-order chi connectivity index (χ1) is 8.72. The van der Waals surface area contributed by atoms with E-state index in [0.29, 0.717) is 30.5 Å². The molecule has 0 radical (unpaired) electrons. The third kappa shape index (κ3) is 6.47. The number of carbonyl (C=O) groups is 1. The largest absolute Gasteiger partial charge is 0.484 e. The summed E-state index contributed by atoms with van der Waals surface area (Å²) in [6.45, 7) is 3.92. The molecule has 0 saturated heterocycles. The van der Waals surface area contributed by atoms with Crippen molar-refractivity contribution in [3.05, 3.63) is 29.3 Å². The Kier molecular flexibility index (Phi) is 7.22. The van der Waals surface area contributed by atoms with Crippen molar-refractivity contribution in [3.8, 4) is 5.75 Å². The quantitative estimate of drug-likeness (QED) is 0.738. The molecule has 0 aliphatic heterocycles. The molecule has 0 unspecified atom stereocenters. The molecule has 5 heteroatoms. The van der Waals surface area contributed by atoms with E-state index in [2.05, 4.69) is 5.32 Å². The highest BCUT2D eigenvalue weighted by atomic mass is 35.5. The molecule has 0 aromatic heterocycles. The van der Waals surface area contributed by atoms with Crippen molar-refractivity contribution in [3.63, 3.8) is 0 Å². The first-order valence-electron chi connectivity index (χ1n) is 5.95. The highest BCUT2D eigenvalue weighted by molar-refractivity contribution is 6.30. The topological polar surface area (TPSA) is 47.6 Å². The SMILES string of the molecule is CCOCCCNC(=O)COc1ccc(Cl)cc1. The molecule has 0 aliphatic carbocycles. The molecule has 1 aromatic rings. The zero-order chi connectivity index (χ0) is 13.2. The molecular formula is C13H18ClNO3. The van der Waals surface area contributed by atoms with E-state index < -0.39 is 0 Å². The van der Waals surface area contributed by atoms with Crippen molar-refractivity contribution in [1.29, 1.82) is 0 Å². The minimum absolute atomic E-state index is 0.0102. The van der Waals surface area contributed by atoms with Crippen molar-refractivity contribution < 1.29 is 14.3 Å². The van der Waals surface area contributed by atoms with E-state index in [9.17, 15) is 4.79 Å². The van der Waals surface area contributed by atoms with Crippen LogP contribution in [0.15, 0.2) is 24.3 Å². The second-order valence-corrected chi connectivity index (χ2v) is 4.08. The van der Waals surface area contributed by atoms with Crippen molar-refractivity contribution >= 4 is 17.5 Å². The second kappa shape index (κ2) is 8.78. The third-order valence-corrected chi connectivity index (χ3v) is 2.43. The van der Waals surface area contributed by atoms with Gasteiger partial charge in [-0.15, -0.1) is 0 Å². The van der Waals surface area contributed by atoms with Gasteiger partial charge in [-0.2, -0.15) is 0 Å². The number of carbonyl (C=O) groups excluding carboxylic acids is 1. The number of hydrogen-bond acceptors (Lipinski definition) is 3. The zero-order valence-electron chi connectivity index (χ0n) is 10.4. The summed E-state index contributed by atoms with van der Waals surface area (Å²) in [6, 6.07) is 6.89. The smallest absolute Gasteiger partial charge is 0.257 e. The van der Waals surface area contributed by atoms with Crippen molar-refractivity contribution in [2.24, 2.45) is 0 Å². The van der Waals surface area contributed by atoms with Crippen molar-refractivity contribution in [2.75, 3.05) is 26.4 Å². The minimum atomic E-state index is -0.138. The highest BCUT2D eigenvalue weighted by Crippen LogP contribution is 2.15. The Labute approximate surface area is 112 Å². The molecule has 0 heterocycles.